The fraction of sp³-hybridized carbons (Fsp3) is 0.296. The average molecular weight is 547 g/mol. The lowest BCUT2D eigenvalue weighted by Gasteiger charge is -2.25. The van der Waals surface area contributed by atoms with Crippen LogP contribution in [0.2, 0.25) is 5.02 Å². The molecular formula is C27H31ClN2O6S. The van der Waals surface area contributed by atoms with Crippen molar-refractivity contribution in [1.82, 2.24) is 5.32 Å². The van der Waals surface area contributed by atoms with Gasteiger partial charge >= 0.3 is 0 Å². The predicted octanol–water partition coefficient (Wildman–Crippen LogP) is 4.96. The molecule has 1 N–H and O–H groups in total. The zero-order chi connectivity index (χ0) is 27.2. The maximum atomic E-state index is 13.6. The lowest BCUT2D eigenvalue weighted by molar-refractivity contribution is -0.119. The maximum Gasteiger partial charge on any atom is 0.264 e. The average Bonchev–Trinajstić information content (AvgIpc) is 2.86. The molecule has 1 amide bonds. The highest BCUT2D eigenvalue weighted by molar-refractivity contribution is 7.92. The number of amides is 1. The summed E-state index contributed by atoms with van der Waals surface area (Å²) in [6.07, 6.45) is -0.0210. The molecule has 0 aliphatic rings. The quantitative estimate of drug-likeness (QED) is 0.365. The van der Waals surface area contributed by atoms with Gasteiger partial charge in [0.15, 0.2) is 11.5 Å². The second-order valence-corrected chi connectivity index (χ2v) is 10.8. The van der Waals surface area contributed by atoms with E-state index in [1.165, 1.54) is 25.3 Å². The van der Waals surface area contributed by atoms with Crippen molar-refractivity contribution in [3.8, 4) is 17.2 Å². The van der Waals surface area contributed by atoms with E-state index in [1.54, 1.807) is 43.5 Å². The van der Waals surface area contributed by atoms with E-state index in [0.717, 1.165) is 15.4 Å². The van der Waals surface area contributed by atoms with E-state index in [0.29, 0.717) is 17.2 Å². The molecule has 8 nitrogen and oxygen atoms in total. The molecule has 37 heavy (non-hydrogen) atoms. The Morgan fingerprint density at radius 3 is 2.19 bits per heavy atom. The Balaban J connectivity index is 1.84. The number of anilines is 1. The van der Waals surface area contributed by atoms with Gasteiger partial charge in [-0.15, -0.1) is 0 Å². The topological polar surface area (TPSA) is 94.2 Å². The molecular weight excluding hydrogens is 516 g/mol. The Morgan fingerprint density at radius 2 is 1.59 bits per heavy atom. The Hall–Kier alpha value is -3.43. The van der Waals surface area contributed by atoms with Gasteiger partial charge in [-0.2, -0.15) is 0 Å². The van der Waals surface area contributed by atoms with Crippen LogP contribution in [0.25, 0.3) is 0 Å². The molecule has 3 rings (SSSR count). The number of ether oxygens (including phenoxy) is 3. The number of methoxy groups -OCH3 is 2. The smallest absolute Gasteiger partial charge is 0.264 e. The summed E-state index contributed by atoms with van der Waals surface area (Å²) in [6, 6.07) is 16.3. The van der Waals surface area contributed by atoms with Gasteiger partial charge in [0.25, 0.3) is 10.0 Å². The number of nitrogens with one attached hydrogen (secondary N) is 1. The Morgan fingerprint density at radius 1 is 0.946 bits per heavy atom. The first-order chi connectivity index (χ1) is 17.5. The van der Waals surface area contributed by atoms with E-state index in [-0.39, 0.29) is 28.3 Å². The number of nitrogens with zero attached hydrogens (tertiary/aromatic N) is 1. The van der Waals surface area contributed by atoms with Crippen molar-refractivity contribution in [2.75, 3.05) is 25.1 Å². The van der Waals surface area contributed by atoms with Gasteiger partial charge in [-0.25, -0.2) is 8.42 Å². The van der Waals surface area contributed by atoms with Gasteiger partial charge in [0.2, 0.25) is 5.91 Å². The third kappa shape index (κ3) is 7.08. The molecule has 0 aromatic heterocycles. The molecule has 0 atom stereocenters. The zero-order valence-electron chi connectivity index (χ0n) is 21.4. The molecule has 0 saturated carbocycles. The monoisotopic (exact) mass is 546 g/mol. The number of benzene rings is 3. The van der Waals surface area contributed by atoms with Gasteiger partial charge in [-0.05, 0) is 68.8 Å². The van der Waals surface area contributed by atoms with E-state index in [1.807, 2.05) is 26.8 Å². The summed E-state index contributed by atoms with van der Waals surface area (Å²) in [5.74, 6) is 1.03. The summed E-state index contributed by atoms with van der Waals surface area (Å²) in [5.41, 5.74) is 1.91. The molecule has 3 aromatic rings. The minimum Gasteiger partial charge on any atom is -0.495 e. The number of carbonyl (C=O) groups excluding carboxylic acids is 1. The van der Waals surface area contributed by atoms with Crippen molar-refractivity contribution in [3.63, 3.8) is 0 Å². The standard InChI is InChI=1S/C27H31ClN2O6S/c1-18(2)36-25-12-8-20(14-26(25)35-5)16-29-27(31)17-30(21-9-13-24(34-4)23(28)15-21)37(32,33)22-10-6-19(3)7-11-22/h6-15,18H,16-17H2,1-5H3,(H,29,31). The highest BCUT2D eigenvalue weighted by Crippen LogP contribution is 2.32. The van der Waals surface area contributed by atoms with Crippen molar-refractivity contribution in [1.29, 1.82) is 0 Å². The molecule has 0 bridgehead atoms. The van der Waals surface area contributed by atoms with Crippen LogP contribution in [0.4, 0.5) is 5.69 Å². The van der Waals surface area contributed by atoms with E-state index < -0.39 is 22.5 Å². The highest BCUT2D eigenvalue weighted by Gasteiger charge is 2.28. The van der Waals surface area contributed by atoms with Gasteiger partial charge in [-0.3, -0.25) is 9.10 Å². The van der Waals surface area contributed by atoms with Gasteiger partial charge in [0.05, 0.1) is 35.9 Å². The lowest BCUT2D eigenvalue weighted by atomic mass is 10.2. The van der Waals surface area contributed by atoms with Gasteiger partial charge in [-0.1, -0.05) is 35.4 Å². The van der Waals surface area contributed by atoms with Gasteiger partial charge in [0, 0.05) is 6.54 Å². The van der Waals surface area contributed by atoms with Crippen LogP contribution in [-0.4, -0.2) is 41.2 Å². The third-order valence-corrected chi connectivity index (χ3v) is 7.48. The Labute approximate surface area is 223 Å². The fourth-order valence-corrected chi connectivity index (χ4v) is 5.19. The van der Waals surface area contributed by atoms with Gasteiger partial charge < -0.3 is 19.5 Å². The largest absolute Gasteiger partial charge is 0.495 e. The normalized spacial score (nSPS) is 11.2. The molecule has 198 valence electrons. The molecule has 0 unspecified atom stereocenters. The zero-order valence-corrected chi connectivity index (χ0v) is 23.0. The molecule has 0 spiro atoms. The number of halogens is 1. The summed E-state index contributed by atoms with van der Waals surface area (Å²) in [5, 5.41) is 3.00. The minimum absolute atomic E-state index is 0.0210. The number of carbonyl (C=O) groups is 1. The summed E-state index contributed by atoms with van der Waals surface area (Å²) >= 11 is 6.27. The number of rotatable bonds is 11. The summed E-state index contributed by atoms with van der Waals surface area (Å²) in [6.45, 7) is 5.41. The second kappa shape index (κ2) is 12.2. The highest BCUT2D eigenvalue weighted by atomic mass is 35.5. The van der Waals surface area contributed by atoms with Crippen molar-refractivity contribution < 1.29 is 27.4 Å². The van der Waals surface area contributed by atoms with Crippen LogP contribution >= 0.6 is 11.6 Å². The SMILES string of the molecule is COc1ccc(N(CC(=O)NCc2ccc(OC(C)C)c(OC)c2)S(=O)(=O)c2ccc(C)cc2)cc1Cl. The van der Waals surface area contributed by atoms with Gasteiger partial charge in [0.1, 0.15) is 12.3 Å². The van der Waals surface area contributed by atoms with E-state index in [9.17, 15) is 13.2 Å². The van der Waals surface area contributed by atoms with E-state index in [2.05, 4.69) is 5.32 Å². The number of hydrogen-bond donors (Lipinski definition) is 1. The third-order valence-electron chi connectivity index (χ3n) is 5.40. The summed E-state index contributed by atoms with van der Waals surface area (Å²) in [4.78, 5) is 13.0. The molecule has 0 aliphatic heterocycles. The molecule has 0 saturated heterocycles. The maximum absolute atomic E-state index is 13.6. The number of sulfonamides is 1. The van der Waals surface area contributed by atoms with Crippen LogP contribution in [0.1, 0.15) is 25.0 Å². The second-order valence-electron chi connectivity index (χ2n) is 8.57. The first kappa shape index (κ1) is 28.1. The molecule has 0 radical (unpaired) electrons. The minimum atomic E-state index is -4.08. The summed E-state index contributed by atoms with van der Waals surface area (Å²) < 4.78 is 44.5. The molecule has 3 aromatic carbocycles. The van der Waals surface area contributed by atoms with E-state index >= 15 is 0 Å². The molecule has 0 heterocycles. The Kier molecular flexibility index (Phi) is 9.29. The first-order valence-electron chi connectivity index (χ1n) is 11.6. The fourth-order valence-electron chi connectivity index (χ4n) is 3.52. The van der Waals surface area contributed by atoms with Crippen LogP contribution in [0, 0.1) is 6.92 Å². The van der Waals surface area contributed by atoms with Crippen molar-refractivity contribution in [2.24, 2.45) is 0 Å². The number of hydrogen-bond acceptors (Lipinski definition) is 6. The Bertz CT molecular complexity index is 1340. The van der Waals surface area contributed by atoms with Crippen LogP contribution < -0.4 is 23.8 Å². The molecule has 0 fully saturated rings. The molecule has 0 aliphatic carbocycles. The van der Waals surface area contributed by atoms with Crippen LogP contribution in [0.5, 0.6) is 17.2 Å². The summed E-state index contributed by atoms with van der Waals surface area (Å²) in [7, 11) is -1.07. The van der Waals surface area contributed by atoms with Crippen molar-refractivity contribution >= 4 is 33.2 Å². The van der Waals surface area contributed by atoms with Crippen LogP contribution in [0.3, 0.4) is 0 Å². The molecule has 10 heteroatoms. The van der Waals surface area contributed by atoms with E-state index in [4.69, 9.17) is 25.8 Å². The van der Waals surface area contributed by atoms with Crippen molar-refractivity contribution in [2.45, 2.75) is 38.3 Å². The predicted molar refractivity (Wildman–Crippen MR) is 144 cm³/mol. The first-order valence-corrected chi connectivity index (χ1v) is 13.4. The number of aryl methyl sites for hydroxylation is 1. The van der Waals surface area contributed by atoms with Crippen LogP contribution in [-0.2, 0) is 21.4 Å². The van der Waals surface area contributed by atoms with Crippen LogP contribution in [0.15, 0.2) is 65.6 Å². The lowest BCUT2D eigenvalue weighted by Crippen LogP contribution is -2.40. The van der Waals surface area contributed by atoms with Crippen molar-refractivity contribution in [3.05, 3.63) is 76.8 Å².